The predicted molar refractivity (Wildman–Crippen MR) is 101 cm³/mol. The number of benzene rings is 3. The second-order valence-electron chi connectivity index (χ2n) is 6.08. The molecule has 5 heteroatoms. The van der Waals surface area contributed by atoms with Crippen LogP contribution in [0.5, 0.6) is 0 Å². The fourth-order valence-electron chi connectivity index (χ4n) is 3.52. The van der Waals surface area contributed by atoms with Crippen molar-refractivity contribution in [3.05, 3.63) is 75.6 Å². The van der Waals surface area contributed by atoms with Gasteiger partial charge in [-0.05, 0) is 40.1 Å². The van der Waals surface area contributed by atoms with Crippen LogP contribution in [0.4, 0.5) is 0 Å². The quantitative estimate of drug-likeness (QED) is 0.598. The zero-order chi connectivity index (χ0) is 19.1. The fourth-order valence-corrected chi connectivity index (χ4v) is 3.52. The van der Waals surface area contributed by atoms with Crippen molar-refractivity contribution in [3.8, 4) is 23.3 Å². The highest BCUT2D eigenvalue weighted by Crippen LogP contribution is 2.33. The molecule has 0 saturated heterocycles. The third-order valence-corrected chi connectivity index (χ3v) is 4.68. The predicted octanol–water partition coefficient (Wildman–Crippen LogP) is 3.07. The van der Waals surface area contributed by atoms with Gasteiger partial charge < -0.3 is 5.11 Å². The monoisotopic (exact) mass is 350 g/mol. The molecule has 0 atom stereocenters. The summed E-state index contributed by atoms with van der Waals surface area (Å²) in [5.41, 5.74) is 1.11. The lowest BCUT2D eigenvalue weighted by Gasteiger charge is -2.08. The van der Waals surface area contributed by atoms with Crippen LogP contribution in [-0.2, 0) is 0 Å². The summed E-state index contributed by atoms with van der Waals surface area (Å²) in [7, 11) is 0. The van der Waals surface area contributed by atoms with Gasteiger partial charge in [-0.15, -0.1) is 0 Å². The van der Waals surface area contributed by atoms with E-state index in [2.05, 4.69) is 0 Å². The number of nitriles is 2. The van der Waals surface area contributed by atoms with Crippen LogP contribution in [0.2, 0.25) is 0 Å². The van der Waals surface area contributed by atoms with Gasteiger partial charge >= 0.3 is 5.97 Å². The standard InChI is InChI=1S/C22H10N2O3/c23-10-14(11-24)19-17-6-2-5-16-15(7-8-18(20(16)17)21(19)25)12-3-1-4-13(9-12)22(26)27/h1-9H,(H,26,27). The molecule has 126 valence electrons. The van der Waals surface area contributed by atoms with Gasteiger partial charge in [0.1, 0.15) is 17.7 Å². The lowest BCUT2D eigenvalue weighted by molar-refractivity contribution is 0.0697. The lowest BCUT2D eigenvalue weighted by atomic mass is 9.95. The molecule has 0 bridgehead atoms. The first-order chi connectivity index (χ1) is 13.1. The van der Waals surface area contributed by atoms with Gasteiger partial charge in [-0.25, -0.2) is 4.79 Å². The molecule has 0 aliphatic heterocycles. The second-order valence-corrected chi connectivity index (χ2v) is 6.08. The van der Waals surface area contributed by atoms with Crippen molar-refractivity contribution in [2.24, 2.45) is 0 Å². The van der Waals surface area contributed by atoms with Gasteiger partial charge in [-0.2, -0.15) is 10.5 Å². The normalized spacial score (nSPS) is 10.6. The Morgan fingerprint density at radius 2 is 1.59 bits per heavy atom. The summed E-state index contributed by atoms with van der Waals surface area (Å²) >= 11 is 0. The Morgan fingerprint density at radius 1 is 0.889 bits per heavy atom. The van der Waals surface area contributed by atoms with Gasteiger partial charge in [0.25, 0.3) is 0 Å². The lowest BCUT2D eigenvalue weighted by Crippen LogP contribution is -2.21. The molecule has 0 fully saturated rings. The number of carboxylic acids is 1. The molecule has 0 aliphatic rings. The molecule has 0 heterocycles. The smallest absolute Gasteiger partial charge is 0.335 e. The summed E-state index contributed by atoms with van der Waals surface area (Å²) in [4.78, 5) is 24.1. The van der Waals surface area contributed by atoms with Crippen molar-refractivity contribution in [2.45, 2.75) is 0 Å². The van der Waals surface area contributed by atoms with E-state index in [0.717, 1.165) is 10.9 Å². The highest BCUT2D eigenvalue weighted by Gasteiger charge is 2.17. The first-order valence-electron chi connectivity index (χ1n) is 8.06. The van der Waals surface area contributed by atoms with E-state index >= 15 is 0 Å². The molecule has 1 N–H and O–H groups in total. The molecule has 0 aromatic heterocycles. The van der Waals surface area contributed by atoms with Gasteiger partial charge in [0.2, 0.25) is 0 Å². The van der Waals surface area contributed by atoms with E-state index in [4.69, 9.17) is 0 Å². The maximum Gasteiger partial charge on any atom is 0.335 e. The number of rotatable bonds is 2. The minimum absolute atomic E-state index is 0.122. The molecular weight excluding hydrogens is 340 g/mol. The molecule has 0 unspecified atom stereocenters. The second kappa shape index (κ2) is 5.94. The minimum atomic E-state index is -1.02. The summed E-state index contributed by atoms with van der Waals surface area (Å²) in [5, 5.41) is 30.2. The zero-order valence-electron chi connectivity index (χ0n) is 13.9. The molecule has 0 amide bonds. The zero-order valence-corrected chi connectivity index (χ0v) is 13.9. The van der Waals surface area contributed by atoms with E-state index in [1.165, 1.54) is 6.07 Å². The highest BCUT2D eigenvalue weighted by molar-refractivity contribution is 6.17. The summed E-state index contributed by atoms with van der Waals surface area (Å²) in [5.74, 6) is -1.02. The van der Waals surface area contributed by atoms with Crippen LogP contribution in [0.3, 0.4) is 0 Å². The van der Waals surface area contributed by atoms with E-state index in [1.54, 1.807) is 54.6 Å². The average molecular weight is 350 g/mol. The van der Waals surface area contributed by atoms with Crippen molar-refractivity contribution < 1.29 is 9.90 Å². The SMILES string of the molecule is N#CC(C#N)=c1c(=O)c2ccc(-c3cccc(C(=O)O)c3)c3cccc1c32. The number of hydrogen-bond acceptors (Lipinski definition) is 4. The van der Waals surface area contributed by atoms with Crippen molar-refractivity contribution in [3.63, 3.8) is 0 Å². The summed E-state index contributed by atoms with van der Waals surface area (Å²) in [6.07, 6.45) is 0. The van der Waals surface area contributed by atoms with Crippen LogP contribution in [0, 0.1) is 22.7 Å². The first kappa shape index (κ1) is 16.3. The Bertz CT molecular complexity index is 1420. The van der Waals surface area contributed by atoms with Gasteiger partial charge in [-0.3, -0.25) is 4.79 Å². The number of carboxylic acid groups (broad SMARTS) is 1. The Balaban J connectivity index is 2.17. The Morgan fingerprint density at radius 3 is 2.30 bits per heavy atom. The number of aromatic carboxylic acids is 1. The molecule has 4 aromatic carbocycles. The van der Waals surface area contributed by atoms with Crippen LogP contribution in [-0.4, -0.2) is 11.1 Å². The van der Waals surface area contributed by atoms with E-state index in [0.29, 0.717) is 21.7 Å². The Labute approximate surface area is 153 Å². The molecule has 27 heavy (non-hydrogen) atoms. The number of carbonyl (C=O) groups is 1. The van der Waals surface area contributed by atoms with Crippen molar-refractivity contribution in [1.82, 2.24) is 0 Å². The molecule has 0 radical (unpaired) electrons. The molecule has 4 aromatic rings. The Kier molecular flexibility index (Phi) is 3.58. The van der Waals surface area contributed by atoms with E-state index < -0.39 is 5.97 Å². The number of hydrogen-bond donors (Lipinski definition) is 1. The van der Waals surface area contributed by atoms with Crippen LogP contribution in [0.15, 0.2) is 59.4 Å². The summed E-state index contributed by atoms with van der Waals surface area (Å²) in [6.45, 7) is 0. The van der Waals surface area contributed by atoms with Crippen molar-refractivity contribution in [2.75, 3.05) is 0 Å². The summed E-state index contributed by atoms with van der Waals surface area (Å²) < 4.78 is 0. The van der Waals surface area contributed by atoms with Crippen LogP contribution in [0.25, 0.3) is 38.2 Å². The maximum atomic E-state index is 12.8. The third-order valence-electron chi connectivity index (χ3n) is 4.68. The maximum absolute atomic E-state index is 12.8. The van der Waals surface area contributed by atoms with Gasteiger partial charge in [0, 0.05) is 10.8 Å². The van der Waals surface area contributed by atoms with E-state index in [-0.39, 0.29) is 21.8 Å². The van der Waals surface area contributed by atoms with E-state index in [9.17, 15) is 25.2 Å². The van der Waals surface area contributed by atoms with Crippen LogP contribution < -0.4 is 10.6 Å². The summed E-state index contributed by atoms with van der Waals surface area (Å²) in [6, 6.07) is 18.9. The fraction of sp³-hybridized carbons (Fsp3) is 0. The molecule has 0 saturated carbocycles. The van der Waals surface area contributed by atoms with Crippen LogP contribution in [0.1, 0.15) is 10.4 Å². The molecule has 0 aliphatic carbocycles. The largest absolute Gasteiger partial charge is 0.478 e. The highest BCUT2D eigenvalue weighted by atomic mass is 16.4. The minimum Gasteiger partial charge on any atom is -0.478 e. The van der Waals surface area contributed by atoms with Crippen LogP contribution >= 0.6 is 0 Å². The van der Waals surface area contributed by atoms with Crippen molar-refractivity contribution >= 4 is 33.1 Å². The van der Waals surface area contributed by atoms with Crippen molar-refractivity contribution in [1.29, 1.82) is 10.5 Å². The topological polar surface area (TPSA) is 102 Å². The third kappa shape index (κ3) is 2.31. The Hall–Kier alpha value is -4.22. The van der Waals surface area contributed by atoms with Gasteiger partial charge in [-0.1, -0.05) is 36.4 Å². The first-order valence-corrected chi connectivity index (χ1v) is 8.06. The average Bonchev–Trinajstić information content (AvgIpc) is 2.97. The van der Waals surface area contributed by atoms with Gasteiger partial charge in [0.15, 0.2) is 5.43 Å². The van der Waals surface area contributed by atoms with Gasteiger partial charge in [0.05, 0.1) is 10.8 Å². The molecule has 5 nitrogen and oxygen atoms in total. The number of nitrogens with zero attached hydrogens (tertiary/aromatic N) is 2. The molecule has 4 rings (SSSR count). The molecule has 0 spiro atoms. The molecular formula is C22H10N2O3. The van der Waals surface area contributed by atoms with E-state index in [1.807, 2.05) is 6.07 Å².